The van der Waals surface area contributed by atoms with Crippen molar-refractivity contribution in [1.29, 1.82) is 0 Å². The molecule has 1 spiro atoms. The van der Waals surface area contributed by atoms with Crippen molar-refractivity contribution in [1.82, 2.24) is 15.1 Å². The number of nitrogens with zero attached hydrogens (tertiary/aromatic N) is 2. The fourth-order valence-corrected chi connectivity index (χ4v) is 3.95. The first-order chi connectivity index (χ1) is 11.4. The highest BCUT2D eigenvalue weighted by atomic mass is 16.4. The van der Waals surface area contributed by atoms with Crippen LogP contribution in [0.5, 0.6) is 0 Å². The fourth-order valence-electron chi connectivity index (χ4n) is 3.95. The molecule has 2 saturated heterocycles. The van der Waals surface area contributed by atoms with Gasteiger partial charge in [-0.1, -0.05) is 19.3 Å². The summed E-state index contributed by atoms with van der Waals surface area (Å²) in [4.78, 5) is 50.8. The number of carbonyl (C=O) groups excluding carboxylic acids is 3. The monoisotopic (exact) mass is 337 g/mol. The number of aliphatic carboxylic acids is 1. The lowest BCUT2D eigenvalue weighted by molar-refractivity contribution is -0.147. The van der Waals surface area contributed by atoms with Crippen molar-refractivity contribution < 1.29 is 24.3 Å². The van der Waals surface area contributed by atoms with Gasteiger partial charge in [0.1, 0.15) is 12.1 Å². The fraction of sp³-hybridized carbons (Fsp3) is 0.750. The van der Waals surface area contributed by atoms with E-state index in [1.54, 1.807) is 0 Å². The van der Waals surface area contributed by atoms with Crippen LogP contribution >= 0.6 is 0 Å². The van der Waals surface area contributed by atoms with E-state index in [0.29, 0.717) is 32.2 Å². The highest BCUT2D eigenvalue weighted by Gasteiger charge is 2.51. The third-order valence-electron chi connectivity index (χ3n) is 5.37. The second-order valence-electron chi connectivity index (χ2n) is 6.98. The maximum atomic E-state index is 12.7. The number of amides is 4. The molecule has 3 fully saturated rings. The van der Waals surface area contributed by atoms with Crippen LogP contribution in [0.15, 0.2) is 0 Å². The summed E-state index contributed by atoms with van der Waals surface area (Å²) in [6.07, 6.45) is 5.23. The third-order valence-corrected chi connectivity index (χ3v) is 5.37. The smallest absolute Gasteiger partial charge is 0.325 e. The molecule has 1 aliphatic carbocycles. The van der Waals surface area contributed by atoms with Crippen molar-refractivity contribution in [2.75, 3.05) is 19.6 Å². The minimum atomic E-state index is -0.913. The van der Waals surface area contributed by atoms with E-state index in [1.807, 2.05) is 0 Å². The highest BCUT2D eigenvalue weighted by Crippen LogP contribution is 2.33. The Morgan fingerprint density at radius 2 is 1.88 bits per heavy atom. The number of imide groups is 1. The Labute approximate surface area is 140 Å². The van der Waals surface area contributed by atoms with E-state index in [1.165, 1.54) is 4.90 Å². The molecule has 0 bridgehead atoms. The molecular formula is C16H23N3O5. The van der Waals surface area contributed by atoms with Gasteiger partial charge in [0.2, 0.25) is 5.91 Å². The van der Waals surface area contributed by atoms with Crippen molar-refractivity contribution in [2.45, 2.75) is 50.5 Å². The van der Waals surface area contributed by atoms with E-state index < -0.39 is 23.5 Å². The summed E-state index contributed by atoms with van der Waals surface area (Å²) in [6.45, 7) is 0.305. The summed E-state index contributed by atoms with van der Waals surface area (Å²) in [5.41, 5.74) is -0.832. The van der Waals surface area contributed by atoms with Crippen LogP contribution in [-0.2, 0) is 14.4 Å². The molecule has 0 aromatic rings. The van der Waals surface area contributed by atoms with Gasteiger partial charge in [-0.15, -0.1) is 0 Å². The van der Waals surface area contributed by atoms with E-state index in [4.69, 9.17) is 5.11 Å². The lowest BCUT2D eigenvalue weighted by atomic mass is 9.82. The lowest BCUT2D eigenvalue weighted by Gasteiger charge is -2.32. The number of piperidine rings is 1. The Morgan fingerprint density at radius 1 is 1.17 bits per heavy atom. The minimum Gasteiger partial charge on any atom is -0.481 e. The molecule has 2 aliphatic heterocycles. The summed E-state index contributed by atoms with van der Waals surface area (Å²) >= 11 is 0. The maximum absolute atomic E-state index is 12.7. The lowest BCUT2D eigenvalue weighted by Crippen LogP contribution is -2.50. The Balaban J connectivity index is 1.65. The summed E-state index contributed by atoms with van der Waals surface area (Å²) in [5, 5.41) is 11.9. The van der Waals surface area contributed by atoms with Gasteiger partial charge in [-0.3, -0.25) is 19.3 Å². The van der Waals surface area contributed by atoms with Gasteiger partial charge in [0, 0.05) is 13.1 Å². The first-order valence-corrected chi connectivity index (χ1v) is 8.58. The van der Waals surface area contributed by atoms with Crippen molar-refractivity contribution in [3.05, 3.63) is 0 Å². The van der Waals surface area contributed by atoms with E-state index in [9.17, 15) is 19.2 Å². The Morgan fingerprint density at radius 3 is 2.54 bits per heavy atom. The van der Waals surface area contributed by atoms with Gasteiger partial charge in [0.25, 0.3) is 5.91 Å². The molecule has 2 N–H and O–H groups in total. The molecular weight excluding hydrogens is 314 g/mol. The Hall–Kier alpha value is -2.12. The number of hydrogen-bond donors (Lipinski definition) is 2. The third kappa shape index (κ3) is 2.97. The predicted molar refractivity (Wildman–Crippen MR) is 83.0 cm³/mol. The zero-order valence-corrected chi connectivity index (χ0v) is 13.6. The number of carboxylic acids is 1. The molecule has 8 nitrogen and oxygen atoms in total. The van der Waals surface area contributed by atoms with Gasteiger partial charge in [0.15, 0.2) is 0 Å². The standard InChI is InChI=1S/C16H23N3O5/c20-12(18-8-4-5-11(9-18)13(21)22)10-19-14(23)16(17-15(19)24)6-2-1-3-7-16/h11H,1-10H2,(H,17,24)(H,21,22). The van der Waals surface area contributed by atoms with Crippen molar-refractivity contribution in [2.24, 2.45) is 5.92 Å². The molecule has 1 saturated carbocycles. The van der Waals surface area contributed by atoms with E-state index in [-0.39, 0.29) is 24.9 Å². The molecule has 4 amide bonds. The number of urea groups is 1. The zero-order valence-electron chi connectivity index (χ0n) is 13.6. The van der Waals surface area contributed by atoms with E-state index in [2.05, 4.69) is 5.32 Å². The van der Waals surface area contributed by atoms with Crippen LogP contribution < -0.4 is 5.32 Å². The normalized spacial score (nSPS) is 26.6. The molecule has 3 rings (SSSR count). The number of likely N-dealkylation sites (tertiary alicyclic amines) is 1. The van der Waals surface area contributed by atoms with Crippen LogP contribution in [0.3, 0.4) is 0 Å². The molecule has 0 radical (unpaired) electrons. The van der Waals surface area contributed by atoms with Crippen molar-refractivity contribution in [3.63, 3.8) is 0 Å². The number of carboxylic acid groups (broad SMARTS) is 1. The molecule has 24 heavy (non-hydrogen) atoms. The second kappa shape index (κ2) is 6.41. The molecule has 1 unspecified atom stereocenters. The van der Waals surface area contributed by atoms with Crippen LogP contribution in [-0.4, -0.2) is 63.9 Å². The average molecular weight is 337 g/mol. The molecule has 3 aliphatic rings. The SMILES string of the molecule is O=C(O)C1CCCN(C(=O)CN2C(=O)NC3(CCCCC3)C2=O)C1. The van der Waals surface area contributed by atoms with Gasteiger partial charge < -0.3 is 15.3 Å². The number of hydrogen-bond acceptors (Lipinski definition) is 4. The first-order valence-electron chi connectivity index (χ1n) is 8.58. The Kier molecular flexibility index (Phi) is 4.47. The summed E-state index contributed by atoms with van der Waals surface area (Å²) < 4.78 is 0. The van der Waals surface area contributed by atoms with Gasteiger partial charge in [-0.2, -0.15) is 0 Å². The molecule has 0 aromatic carbocycles. The van der Waals surface area contributed by atoms with Crippen LogP contribution in [0.2, 0.25) is 0 Å². The quantitative estimate of drug-likeness (QED) is 0.732. The number of rotatable bonds is 3. The summed E-state index contributed by atoms with van der Waals surface area (Å²) in [7, 11) is 0. The van der Waals surface area contributed by atoms with Gasteiger partial charge in [-0.25, -0.2) is 4.79 Å². The van der Waals surface area contributed by atoms with Crippen LogP contribution in [0.4, 0.5) is 4.79 Å². The number of carbonyl (C=O) groups is 4. The largest absolute Gasteiger partial charge is 0.481 e. The number of nitrogens with one attached hydrogen (secondary N) is 1. The molecule has 8 heteroatoms. The average Bonchev–Trinajstić information content (AvgIpc) is 2.79. The zero-order chi connectivity index (χ0) is 17.3. The minimum absolute atomic E-state index is 0.142. The van der Waals surface area contributed by atoms with Crippen molar-refractivity contribution >= 4 is 23.8 Å². The van der Waals surface area contributed by atoms with Crippen LogP contribution in [0.25, 0.3) is 0 Å². The molecule has 0 aromatic heterocycles. The second-order valence-corrected chi connectivity index (χ2v) is 6.98. The molecule has 132 valence electrons. The molecule has 2 heterocycles. The topological polar surface area (TPSA) is 107 Å². The predicted octanol–water partition coefficient (Wildman–Crippen LogP) is 0.564. The summed E-state index contributed by atoms with van der Waals surface area (Å²) in [6, 6.07) is -0.512. The van der Waals surface area contributed by atoms with Crippen LogP contribution in [0.1, 0.15) is 44.9 Å². The maximum Gasteiger partial charge on any atom is 0.325 e. The van der Waals surface area contributed by atoms with Gasteiger partial charge in [-0.05, 0) is 25.7 Å². The van der Waals surface area contributed by atoms with E-state index in [0.717, 1.165) is 24.2 Å². The van der Waals surface area contributed by atoms with Gasteiger partial charge in [0.05, 0.1) is 5.92 Å². The van der Waals surface area contributed by atoms with Crippen molar-refractivity contribution in [3.8, 4) is 0 Å². The van der Waals surface area contributed by atoms with Crippen LogP contribution in [0, 0.1) is 5.92 Å². The first kappa shape index (κ1) is 16.7. The van der Waals surface area contributed by atoms with Gasteiger partial charge >= 0.3 is 12.0 Å². The highest BCUT2D eigenvalue weighted by molar-refractivity contribution is 6.09. The van der Waals surface area contributed by atoms with E-state index >= 15 is 0 Å². The molecule has 1 atom stereocenters. The summed E-state index contributed by atoms with van der Waals surface area (Å²) in [5.74, 6) is -2.16. The Bertz CT molecular complexity index is 570.